The number of hydrogen-bond donors (Lipinski definition) is 2. The number of amides is 1. The summed E-state index contributed by atoms with van der Waals surface area (Å²) >= 11 is 0. The van der Waals surface area contributed by atoms with Crippen LogP contribution in [0, 0.1) is 18.3 Å². The molecule has 0 aliphatic carbocycles. The molecule has 142 valence electrons. The number of anilines is 1. The topological polar surface area (TPSA) is 63.2 Å². The van der Waals surface area contributed by atoms with Crippen molar-refractivity contribution < 1.29 is 22.7 Å². The van der Waals surface area contributed by atoms with Crippen LogP contribution in [0.25, 0.3) is 0 Å². The summed E-state index contributed by atoms with van der Waals surface area (Å²) in [6, 6.07) is 1.90. The van der Waals surface area contributed by atoms with E-state index in [4.69, 9.17) is 11.2 Å². The second-order valence-electron chi connectivity index (χ2n) is 6.75. The highest BCUT2D eigenvalue weighted by atomic mass is 19.4. The lowest BCUT2D eigenvalue weighted by Crippen LogP contribution is -2.42. The Bertz CT molecular complexity index is 690. The molecule has 0 saturated carbocycles. The van der Waals surface area contributed by atoms with E-state index >= 15 is 0 Å². The number of carbonyl (C=O) groups is 1. The summed E-state index contributed by atoms with van der Waals surface area (Å²) in [7, 11) is 0. The lowest BCUT2D eigenvalue weighted by molar-refractivity contribution is -0.141. The number of halogens is 3. The Morgan fingerprint density at radius 1 is 1.35 bits per heavy atom. The smallest absolute Gasteiger partial charge is 0.381 e. The van der Waals surface area contributed by atoms with Crippen LogP contribution in [0.15, 0.2) is 12.1 Å². The molecule has 0 radical (unpaired) electrons. The molecule has 0 bridgehead atoms. The van der Waals surface area contributed by atoms with Gasteiger partial charge in [-0.1, -0.05) is 5.92 Å². The lowest BCUT2D eigenvalue weighted by Gasteiger charge is -2.24. The molecule has 0 unspecified atom stereocenters. The van der Waals surface area contributed by atoms with Crippen LogP contribution in [0.1, 0.15) is 42.7 Å². The van der Waals surface area contributed by atoms with Crippen LogP contribution in [-0.2, 0) is 10.9 Å². The van der Waals surface area contributed by atoms with E-state index in [0.717, 1.165) is 25.0 Å². The molecule has 1 aliphatic rings. The van der Waals surface area contributed by atoms with E-state index in [0.29, 0.717) is 19.8 Å². The van der Waals surface area contributed by atoms with E-state index < -0.39 is 23.3 Å². The van der Waals surface area contributed by atoms with E-state index in [1.807, 2.05) is 0 Å². The van der Waals surface area contributed by atoms with Crippen LogP contribution in [0.4, 0.5) is 19.0 Å². The van der Waals surface area contributed by atoms with Gasteiger partial charge >= 0.3 is 6.18 Å². The molecule has 1 aromatic rings. The van der Waals surface area contributed by atoms with Crippen molar-refractivity contribution in [3.8, 4) is 12.3 Å². The molecule has 1 aromatic heterocycles. The van der Waals surface area contributed by atoms with Crippen molar-refractivity contribution in [1.82, 2.24) is 10.3 Å². The van der Waals surface area contributed by atoms with Gasteiger partial charge in [-0.2, -0.15) is 13.2 Å². The van der Waals surface area contributed by atoms with E-state index in [9.17, 15) is 18.0 Å². The Labute approximate surface area is 150 Å². The minimum absolute atomic E-state index is 0.0217. The molecule has 2 heterocycles. The first-order chi connectivity index (χ1) is 12.1. The van der Waals surface area contributed by atoms with E-state index in [1.54, 1.807) is 13.8 Å². The molecule has 1 fully saturated rings. The van der Waals surface area contributed by atoms with Crippen LogP contribution < -0.4 is 10.6 Å². The molecule has 0 aromatic carbocycles. The summed E-state index contributed by atoms with van der Waals surface area (Å²) in [5.41, 5.74) is -1.97. The van der Waals surface area contributed by atoms with Gasteiger partial charge in [-0.05, 0) is 44.7 Å². The molecular formula is C18H22F3N3O2. The predicted molar refractivity (Wildman–Crippen MR) is 91.6 cm³/mol. The molecule has 0 spiro atoms. The van der Waals surface area contributed by atoms with Crippen molar-refractivity contribution in [3.05, 3.63) is 23.4 Å². The maximum Gasteiger partial charge on any atom is 0.433 e. The number of nitrogens with one attached hydrogen (secondary N) is 2. The third-order valence-electron chi connectivity index (χ3n) is 4.12. The van der Waals surface area contributed by atoms with Crippen molar-refractivity contribution in [3.63, 3.8) is 0 Å². The first kappa shape index (κ1) is 20.0. The monoisotopic (exact) mass is 369 g/mol. The minimum Gasteiger partial charge on any atom is -0.381 e. The largest absolute Gasteiger partial charge is 0.433 e. The fraction of sp³-hybridized carbons (Fsp3) is 0.556. The van der Waals surface area contributed by atoms with Gasteiger partial charge in [0.25, 0.3) is 5.91 Å². The Morgan fingerprint density at radius 2 is 2.00 bits per heavy atom. The summed E-state index contributed by atoms with van der Waals surface area (Å²) in [5.74, 6) is 1.98. The predicted octanol–water partition coefficient (Wildman–Crippen LogP) is 3.08. The molecule has 8 heteroatoms. The summed E-state index contributed by atoms with van der Waals surface area (Å²) in [5, 5.41) is 5.50. The fourth-order valence-electron chi connectivity index (χ4n) is 2.51. The average molecular weight is 369 g/mol. The Balaban J connectivity index is 2.25. The van der Waals surface area contributed by atoms with Crippen molar-refractivity contribution in [2.45, 2.75) is 38.4 Å². The molecule has 0 atom stereocenters. The summed E-state index contributed by atoms with van der Waals surface area (Å²) in [6.07, 6.45) is 2.36. The number of terminal acetylenes is 1. The van der Waals surface area contributed by atoms with Gasteiger partial charge in [0.15, 0.2) is 0 Å². The van der Waals surface area contributed by atoms with Crippen LogP contribution >= 0.6 is 0 Å². The zero-order valence-electron chi connectivity index (χ0n) is 14.7. The Kier molecular flexibility index (Phi) is 6.13. The third-order valence-corrected chi connectivity index (χ3v) is 4.12. The standard InChI is InChI=1S/C18H22F3N3O2/c1-4-17(2,3)24-16(25)13-5-6-14(18(19,20)21)23-15(13)22-11-12-7-9-26-10-8-12/h1,5-6,12H,7-11H2,2-3H3,(H,22,23)(H,24,25). The zero-order chi connectivity index (χ0) is 19.4. The number of rotatable bonds is 5. The van der Waals surface area contributed by atoms with Crippen molar-refractivity contribution >= 4 is 11.7 Å². The molecule has 2 N–H and O–H groups in total. The average Bonchev–Trinajstić information content (AvgIpc) is 2.59. The molecular weight excluding hydrogens is 347 g/mol. The minimum atomic E-state index is -4.60. The quantitative estimate of drug-likeness (QED) is 0.783. The highest BCUT2D eigenvalue weighted by molar-refractivity contribution is 5.99. The van der Waals surface area contributed by atoms with Crippen molar-refractivity contribution in [2.24, 2.45) is 5.92 Å². The summed E-state index contributed by atoms with van der Waals surface area (Å²) < 4.78 is 44.2. The van der Waals surface area contributed by atoms with Gasteiger partial charge in [0.1, 0.15) is 11.5 Å². The maximum atomic E-state index is 13.0. The number of hydrogen-bond acceptors (Lipinski definition) is 4. The molecule has 1 aliphatic heterocycles. The van der Waals surface area contributed by atoms with Crippen LogP contribution in [0.5, 0.6) is 0 Å². The van der Waals surface area contributed by atoms with Gasteiger partial charge < -0.3 is 15.4 Å². The number of ether oxygens (including phenoxy) is 1. The summed E-state index contributed by atoms with van der Waals surface area (Å²) in [4.78, 5) is 16.1. The fourth-order valence-corrected chi connectivity index (χ4v) is 2.51. The van der Waals surface area contributed by atoms with Crippen molar-refractivity contribution in [1.29, 1.82) is 0 Å². The number of pyridine rings is 1. The van der Waals surface area contributed by atoms with Gasteiger partial charge in [-0.25, -0.2) is 4.98 Å². The lowest BCUT2D eigenvalue weighted by atomic mass is 10.0. The number of carbonyl (C=O) groups excluding carboxylic acids is 1. The van der Waals surface area contributed by atoms with Gasteiger partial charge in [-0.15, -0.1) is 6.42 Å². The van der Waals surface area contributed by atoms with Crippen molar-refractivity contribution in [2.75, 3.05) is 25.1 Å². The normalized spacial score (nSPS) is 16.0. The molecule has 1 amide bonds. The maximum absolute atomic E-state index is 13.0. The van der Waals surface area contributed by atoms with Gasteiger partial charge in [0.2, 0.25) is 0 Å². The second kappa shape index (κ2) is 7.96. The van der Waals surface area contributed by atoms with Crippen LogP contribution in [0.2, 0.25) is 0 Å². The van der Waals surface area contributed by atoms with E-state index in [2.05, 4.69) is 21.5 Å². The number of aromatic nitrogens is 1. The molecule has 26 heavy (non-hydrogen) atoms. The number of alkyl halides is 3. The van der Waals surface area contributed by atoms with E-state index in [-0.39, 0.29) is 17.3 Å². The molecule has 2 rings (SSSR count). The first-order valence-electron chi connectivity index (χ1n) is 8.32. The van der Waals surface area contributed by atoms with E-state index in [1.165, 1.54) is 0 Å². The van der Waals surface area contributed by atoms with Crippen LogP contribution in [-0.4, -0.2) is 36.2 Å². The summed E-state index contributed by atoms with van der Waals surface area (Å²) in [6.45, 7) is 4.89. The first-order valence-corrected chi connectivity index (χ1v) is 8.32. The Hall–Kier alpha value is -2.27. The SMILES string of the molecule is C#CC(C)(C)NC(=O)c1ccc(C(F)(F)F)nc1NCC1CCOCC1. The highest BCUT2D eigenvalue weighted by Crippen LogP contribution is 2.30. The Morgan fingerprint density at radius 3 is 2.58 bits per heavy atom. The van der Waals surface area contributed by atoms with Gasteiger partial charge in [-0.3, -0.25) is 4.79 Å². The molecule has 5 nitrogen and oxygen atoms in total. The molecule has 1 saturated heterocycles. The highest BCUT2D eigenvalue weighted by Gasteiger charge is 2.34. The van der Waals surface area contributed by atoms with Gasteiger partial charge in [0, 0.05) is 19.8 Å². The zero-order valence-corrected chi connectivity index (χ0v) is 14.7. The number of nitrogens with zero attached hydrogens (tertiary/aromatic N) is 1. The van der Waals surface area contributed by atoms with Crippen LogP contribution in [0.3, 0.4) is 0 Å². The third kappa shape index (κ3) is 5.36. The van der Waals surface area contributed by atoms with Gasteiger partial charge in [0.05, 0.1) is 11.1 Å². The second-order valence-corrected chi connectivity index (χ2v) is 6.75.